The first-order valence-electron chi connectivity index (χ1n) is 10.1. The SMILES string of the molecule is CNC(=O)[C@@H](Cc1ccccc1)N(Cc1cccc(Br)c1)C(=O)CSc1ccc(Cl)cc1. The third-order valence-electron chi connectivity index (χ3n) is 4.94. The number of nitrogens with zero attached hydrogens (tertiary/aromatic N) is 1. The van der Waals surface area contributed by atoms with E-state index in [1.54, 1.807) is 24.1 Å². The van der Waals surface area contributed by atoms with Gasteiger partial charge in [0.25, 0.3) is 0 Å². The van der Waals surface area contributed by atoms with E-state index < -0.39 is 6.04 Å². The second-order valence-corrected chi connectivity index (χ2v) is 9.61. The highest BCUT2D eigenvalue weighted by Gasteiger charge is 2.29. The van der Waals surface area contributed by atoms with Gasteiger partial charge >= 0.3 is 0 Å². The highest BCUT2D eigenvalue weighted by Crippen LogP contribution is 2.23. The van der Waals surface area contributed by atoms with Crippen molar-refractivity contribution in [3.05, 3.63) is 99.5 Å². The van der Waals surface area contributed by atoms with Gasteiger partial charge in [-0.25, -0.2) is 0 Å². The second kappa shape index (κ2) is 12.1. The summed E-state index contributed by atoms with van der Waals surface area (Å²) in [4.78, 5) is 28.9. The van der Waals surface area contributed by atoms with Crippen molar-refractivity contribution in [2.24, 2.45) is 0 Å². The van der Waals surface area contributed by atoms with Crippen LogP contribution in [0.5, 0.6) is 0 Å². The molecule has 7 heteroatoms. The number of rotatable bonds is 9. The van der Waals surface area contributed by atoms with Crippen molar-refractivity contribution in [1.82, 2.24) is 10.2 Å². The number of carbonyl (C=O) groups is 2. The summed E-state index contributed by atoms with van der Waals surface area (Å²) in [5, 5.41) is 3.39. The lowest BCUT2D eigenvalue weighted by molar-refractivity contribution is -0.139. The van der Waals surface area contributed by atoms with Gasteiger partial charge in [-0.1, -0.05) is 70.0 Å². The summed E-state index contributed by atoms with van der Waals surface area (Å²) in [5.41, 5.74) is 1.95. The third kappa shape index (κ3) is 7.12. The molecule has 0 aliphatic heterocycles. The maximum Gasteiger partial charge on any atom is 0.242 e. The minimum absolute atomic E-state index is 0.102. The van der Waals surface area contributed by atoms with Crippen LogP contribution in [-0.4, -0.2) is 35.6 Å². The molecule has 4 nitrogen and oxygen atoms in total. The van der Waals surface area contributed by atoms with Crippen LogP contribution in [0.15, 0.2) is 88.2 Å². The fraction of sp³-hybridized carbons (Fsp3) is 0.200. The van der Waals surface area contributed by atoms with E-state index in [2.05, 4.69) is 21.2 Å². The molecule has 0 aliphatic rings. The van der Waals surface area contributed by atoms with Gasteiger partial charge in [0, 0.05) is 34.4 Å². The number of thioether (sulfide) groups is 1. The van der Waals surface area contributed by atoms with Crippen LogP contribution in [0.2, 0.25) is 5.02 Å². The zero-order valence-corrected chi connectivity index (χ0v) is 20.8. The average Bonchev–Trinajstić information content (AvgIpc) is 2.81. The van der Waals surface area contributed by atoms with Crippen molar-refractivity contribution in [2.75, 3.05) is 12.8 Å². The molecular weight excluding hydrogens is 508 g/mol. The van der Waals surface area contributed by atoms with Gasteiger partial charge in [-0.15, -0.1) is 11.8 Å². The normalized spacial score (nSPS) is 11.6. The molecule has 3 aromatic rings. The second-order valence-electron chi connectivity index (χ2n) is 7.21. The average molecular weight is 532 g/mol. The Balaban J connectivity index is 1.86. The standard InChI is InChI=1S/C25H24BrClN2O2S/c1-28-25(31)23(15-18-6-3-2-4-7-18)29(16-19-8-5-9-20(26)14-19)24(30)17-32-22-12-10-21(27)11-13-22/h2-14,23H,15-17H2,1H3,(H,28,31)/t23-/m1/s1. The van der Waals surface area contributed by atoms with Crippen LogP contribution in [0.4, 0.5) is 0 Å². The van der Waals surface area contributed by atoms with Gasteiger partial charge in [0.2, 0.25) is 11.8 Å². The lowest BCUT2D eigenvalue weighted by Gasteiger charge is -2.31. The quantitative estimate of drug-likeness (QED) is 0.367. The molecule has 32 heavy (non-hydrogen) atoms. The lowest BCUT2D eigenvalue weighted by atomic mass is 10.0. The predicted octanol–water partition coefficient (Wildman–Crippen LogP) is 5.58. The number of hydrogen-bond donors (Lipinski definition) is 1. The first-order valence-corrected chi connectivity index (χ1v) is 12.3. The van der Waals surface area contributed by atoms with Crippen LogP contribution < -0.4 is 5.32 Å². The molecule has 0 radical (unpaired) electrons. The van der Waals surface area contributed by atoms with E-state index in [4.69, 9.17) is 11.6 Å². The Bertz CT molecular complexity index is 1050. The smallest absolute Gasteiger partial charge is 0.242 e. The van der Waals surface area contributed by atoms with Crippen molar-refractivity contribution in [1.29, 1.82) is 0 Å². The first-order chi connectivity index (χ1) is 15.5. The molecule has 0 spiro atoms. The molecule has 1 N–H and O–H groups in total. The Morgan fingerprint density at radius 2 is 1.69 bits per heavy atom. The van der Waals surface area contributed by atoms with Crippen molar-refractivity contribution in [3.63, 3.8) is 0 Å². The van der Waals surface area contributed by atoms with E-state index in [1.807, 2.05) is 66.7 Å². The van der Waals surface area contributed by atoms with E-state index in [-0.39, 0.29) is 17.6 Å². The molecule has 0 saturated heterocycles. The van der Waals surface area contributed by atoms with Crippen LogP contribution >= 0.6 is 39.3 Å². The largest absolute Gasteiger partial charge is 0.357 e. The molecule has 0 aromatic heterocycles. The number of benzene rings is 3. The molecule has 0 fully saturated rings. The Kier molecular flexibility index (Phi) is 9.21. The van der Waals surface area contributed by atoms with Crippen LogP contribution in [-0.2, 0) is 22.6 Å². The van der Waals surface area contributed by atoms with Gasteiger partial charge in [-0.3, -0.25) is 9.59 Å². The molecule has 0 saturated carbocycles. The fourth-order valence-corrected chi connectivity index (χ4v) is 4.67. The van der Waals surface area contributed by atoms with Gasteiger partial charge < -0.3 is 10.2 Å². The van der Waals surface area contributed by atoms with Gasteiger partial charge in [0.1, 0.15) is 6.04 Å². The minimum atomic E-state index is -0.625. The molecule has 2 amide bonds. The molecule has 3 aromatic carbocycles. The molecule has 0 bridgehead atoms. The van der Waals surface area contributed by atoms with Crippen LogP contribution in [0.1, 0.15) is 11.1 Å². The van der Waals surface area contributed by atoms with Crippen molar-refractivity contribution in [2.45, 2.75) is 23.9 Å². The zero-order chi connectivity index (χ0) is 22.9. The summed E-state index contributed by atoms with van der Waals surface area (Å²) in [5.74, 6) is -0.0686. The number of halogens is 2. The number of nitrogens with one attached hydrogen (secondary N) is 1. The Morgan fingerprint density at radius 3 is 2.34 bits per heavy atom. The van der Waals surface area contributed by atoms with E-state index in [0.717, 1.165) is 20.5 Å². The van der Waals surface area contributed by atoms with Gasteiger partial charge in [0.15, 0.2) is 0 Å². The highest BCUT2D eigenvalue weighted by atomic mass is 79.9. The summed E-state index contributed by atoms with van der Waals surface area (Å²) in [6.07, 6.45) is 0.436. The van der Waals surface area contributed by atoms with Crippen molar-refractivity contribution >= 4 is 51.1 Å². The lowest BCUT2D eigenvalue weighted by Crippen LogP contribution is -2.50. The third-order valence-corrected chi connectivity index (χ3v) is 6.68. The highest BCUT2D eigenvalue weighted by molar-refractivity contribution is 9.10. The molecule has 0 aliphatic carbocycles. The van der Waals surface area contributed by atoms with Crippen molar-refractivity contribution in [3.8, 4) is 0 Å². The molecular formula is C25H24BrClN2O2S. The van der Waals surface area contributed by atoms with Crippen molar-refractivity contribution < 1.29 is 9.59 Å². The number of carbonyl (C=O) groups excluding carboxylic acids is 2. The Labute approximate surface area is 206 Å². The Hall–Kier alpha value is -2.28. The van der Waals surface area contributed by atoms with E-state index >= 15 is 0 Å². The number of likely N-dealkylation sites (N-methyl/N-ethyl adjacent to an activating group) is 1. The van der Waals surface area contributed by atoms with Gasteiger partial charge in [-0.2, -0.15) is 0 Å². The van der Waals surface area contributed by atoms with Crippen LogP contribution in [0, 0.1) is 0 Å². The molecule has 0 heterocycles. The summed E-state index contributed by atoms with van der Waals surface area (Å²) < 4.78 is 0.928. The van der Waals surface area contributed by atoms with E-state index in [0.29, 0.717) is 18.0 Å². The summed E-state index contributed by atoms with van der Waals surface area (Å²) in [7, 11) is 1.60. The fourth-order valence-electron chi connectivity index (χ4n) is 3.31. The number of amides is 2. The topological polar surface area (TPSA) is 49.4 Å². The maximum atomic E-state index is 13.4. The summed E-state index contributed by atoms with van der Waals surface area (Å²) >= 11 is 10.9. The minimum Gasteiger partial charge on any atom is -0.357 e. The molecule has 0 unspecified atom stereocenters. The summed E-state index contributed by atoms with van der Waals surface area (Å²) in [6.45, 7) is 0.338. The Morgan fingerprint density at radius 1 is 1.00 bits per heavy atom. The summed E-state index contributed by atoms with van der Waals surface area (Å²) in [6, 6.07) is 24.3. The van der Waals surface area contributed by atoms with Crippen LogP contribution in [0.25, 0.3) is 0 Å². The van der Waals surface area contributed by atoms with E-state index in [1.165, 1.54) is 11.8 Å². The molecule has 166 valence electrons. The first kappa shape index (κ1) is 24.4. The zero-order valence-electron chi connectivity index (χ0n) is 17.6. The monoisotopic (exact) mass is 530 g/mol. The van der Waals surface area contributed by atoms with Gasteiger partial charge in [-0.05, 0) is 47.5 Å². The maximum absolute atomic E-state index is 13.4. The predicted molar refractivity (Wildman–Crippen MR) is 135 cm³/mol. The molecule has 3 rings (SSSR count). The van der Waals surface area contributed by atoms with E-state index in [9.17, 15) is 9.59 Å². The van der Waals surface area contributed by atoms with Crippen LogP contribution in [0.3, 0.4) is 0 Å². The van der Waals surface area contributed by atoms with Gasteiger partial charge in [0.05, 0.1) is 5.75 Å². The molecule has 1 atom stereocenters. The number of hydrogen-bond acceptors (Lipinski definition) is 3.